The van der Waals surface area contributed by atoms with E-state index in [1.165, 1.54) is 31.5 Å². The average Bonchev–Trinajstić information content (AvgIpc) is 2.97. The van der Waals surface area contributed by atoms with Crippen molar-refractivity contribution in [3.63, 3.8) is 0 Å². The molecule has 0 fully saturated rings. The topological polar surface area (TPSA) is 67.9 Å². The van der Waals surface area contributed by atoms with Crippen LogP contribution in [-0.2, 0) is 32.2 Å². The van der Waals surface area contributed by atoms with Gasteiger partial charge in [-0.05, 0) is 17.4 Å². The molecule has 2 aromatic carbocycles. The van der Waals surface area contributed by atoms with Gasteiger partial charge in [0.15, 0.2) is 0 Å². The first-order chi connectivity index (χ1) is 19.3. The van der Waals surface area contributed by atoms with Gasteiger partial charge >= 0.3 is 11.9 Å². The van der Waals surface area contributed by atoms with E-state index in [1.807, 2.05) is 42.7 Å². The maximum Gasteiger partial charge on any atom is 0.345 e. The Balaban J connectivity index is 1.85. The third kappa shape index (κ3) is 6.92. The lowest BCUT2D eigenvalue weighted by Gasteiger charge is -2.38. The molecule has 0 spiro atoms. The molecule has 1 heterocycles. The number of allylic oxidation sites excluding steroid dienone is 4. The lowest BCUT2D eigenvalue weighted by atomic mass is 9.85. The van der Waals surface area contributed by atoms with Crippen LogP contribution in [-0.4, -0.2) is 50.4 Å². The second-order valence-electron chi connectivity index (χ2n) is 10.1. The normalized spacial score (nSPS) is 16.1. The number of esters is 2. The third-order valence-corrected chi connectivity index (χ3v) is 8.53. The first-order valence-corrected chi connectivity index (χ1v) is 15.2. The van der Waals surface area contributed by atoms with Gasteiger partial charge in [-0.15, -0.1) is 11.8 Å². The van der Waals surface area contributed by atoms with Gasteiger partial charge in [-0.3, -0.25) is 0 Å². The number of hydrogen-bond donors (Lipinski definition) is 1. The monoisotopic (exact) mass is 576 g/mol. The van der Waals surface area contributed by atoms with E-state index in [4.69, 9.17) is 9.47 Å². The van der Waals surface area contributed by atoms with Gasteiger partial charge in [0, 0.05) is 47.0 Å². The summed E-state index contributed by atoms with van der Waals surface area (Å²) in [5.41, 5.74) is 3.95. The molecule has 4 rings (SSSR count). The number of ether oxygens (including phenoxy) is 2. The summed E-state index contributed by atoms with van der Waals surface area (Å²) in [6.07, 6.45) is 6.43. The fourth-order valence-corrected chi connectivity index (χ4v) is 7.05. The van der Waals surface area contributed by atoms with E-state index < -0.39 is 11.9 Å². The summed E-state index contributed by atoms with van der Waals surface area (Å²) in [5.74, 6) is -1.11. The number of nitrogens with zero attached hydrogens (tertiary/aromatic N) is 1. The summed E-state index contributed by atoms with van der Waals surface area (Å²) in [7, 11) is 2.69. The highest BCUT2D eigenvalue weighted by molar-refractivity contribution is 8.08. The van der Waals surface area contributed by atoms with Crippen LogP contribution in [0.5, 0.6) is 0 Å². The summed E-state index contributed by atoms with van der Waals surface area (Å²) in [6.45, 7) is 6.81. The molecule has 0 saturated heterocycles. The molecular weight excluding hydrogens is 540 g/mol. The van der Waals surface area contributed by atoms with Crippen molar-refractivity contribution in [1.82, 2.24) is 10.2 Å². The summed E-state index contributed by atoms with van der Waals surface area (Å²) >= 11 is 2.92. The van der Waals surface area contributed by atoms with Crippen LogP contribution < -0.4 is 5.32 Å². The molecule has 1 aliphatic carbocycles. The zero-order chi connectivity index (χ0) is 28.7. The zero-order valence-corrected chi connectivity index (χ0v) is 25.3. The van der Waals surface area contributed by atoms with E-state index in [0.717, 1.165) is 27.5 Å². The summed E-state index contributed by atoms with van der Waals surface area (Å²) in [4.78, 5) is 31.0. The van der Waals surface area contributed by atoms with Crippen LogP contribution in [0.1, 0.15) is 25.0 Å². The lowest BCUT2D eigenvalue weighted by molar-refractivity contribution is -0.138. The van der Waals surface area contributed by atoms with Gasteiger partial charge in [0.1, 0.15) is 10.5 Å². The minimum absolute atomic E-state index is 0.221. The molecule has 0 amide bonds. The summed E-state index contributed by atoms with van der Waals surface area (Å²) in [5, 5.41) is 3.54. The molecule has 2 aromatic rings. The van der Waals surface area contributed by atoms with Crippen LogP contribution in [0, 0.1) is 5.41 Å². The van der Waals surface area contributed by atoms with Crippen molar-refractivity contribution in [2.24, 2.45) is 5.41 Å². The van der Waals surface area contributed by atoms with E-state index in [0.29, 0.717) is 25.3 Å². The number of nitrogens with one attached hydrogen (secondary N) is 1. The van der Waals surface area contributed by atoms with Crippen molar-refractivity contribution < 1.29 is 19.1 Å². The lowest BCUT2D eigenvalue weighted by Crippen LogP contribution is -2.36. The van der Waals surface area contributed by atoms with E-state index >= 15 is 0 Å². The predicted octanol–water partition coefficient (Wildman–Crippen LogP) is 6.05. The number of rotatable bonds is 11. The van der Waals surface area contributed by atoms with Gasteiger partial charge in [0.2, 0.25) is 0 Å². The molecule has 0 bridgehead atoms. The molecule has 210 valence electrons. The van der Waals surface area contributed by atoms with Crippen LogP contribution in [0.15, 0.2) is 104 Å². The number of hydrogen-bond acceptors (Lipinski definition) is 8. The molecule has 1 aliphatic heterocycles. The van der Waals surface area contributed by atoms with Crippen molar-refractivity contribution in [2.75, 3.05) is 33.6 Å². The molecule has 0 radical (unpaired) electrons. The van der Waals surface area contributed by atoms with E-state index in [1.54, 1.807) is 11.8 Å². The Morgan fingerprint density at radius 1 is 0.925 bits per heavy atom. The summed E-state index contributed by atoms with van der Waals surface area (Å²) < 4.78 is 10.4. The Labute approximate surface area is 245 Å². The minimum Gasteiger partial charge on any atom is -0.465 e. The van der Waals surface area contributed by atoms with Crippen LogP contribution in [0.2, 0.25) is 0 Å². The van der Waals surface area contributed by atoms with Gasteiger partial charge in [0.25, 0.3) is 0 Å². The summed E-state index contributed by atoms with van der Waals surface area (Å²) in [6, 6.07) is 20.4. The number of thioether (sulfide) groups is 2. The van der Waals surface area contributed by atoms with E-state index in [2.05, 4.69) is 60.5 Å². The molecule has 6 nitrogen and oxygen atoms in total. The second kappa shape index (κ2) is 13.4. The zero-order valence-electron chi connectivity index (χ0n) is 23.7. The van der Waals surface area contributed by atoms with Crippen LogP contribution in [0.3, 0.4) is 0 Å². The highest BCUT2D eigenvalue weighted by Gasteiger charge is 2.40. The fourth-order valence-electron chi connectivity index (χ4n) is 4.81. The number of benzene rings is 2. The fraction of sp³-hybridized carbons (Fsp3) is 0.312. The molecule has 8 heteroatoms. The number of methoxy groups -OCH3 is 2. The molecule has 2 aliphatic rings. The van der Waals surface area contributed by atoms with E-state index in [-0.39, 0.29) is 15.9 Å². The van der Waals surface area contributed by atoms with Crippen LogP contribution in [0.4, 0.5) is 0 Å². The third-order valence-electron chi connectivity index (χ3n) is 6.65. The van der Waals surface area contributed by atoms with Gasteiger partial charge in [0.05, 0.1) is 19.9 Å². The van der Waals surface area contributed by atoms with Crippen molar-refractivity contribution in [3.05, 3.63) is 116 Å². The van der Waals surface area contributed by atoms with Crippen molar-refractivity contribution in [2.45, 2.75) is 26.9 Å². The molecule has 0 unspecified atom stereocenters. The smallest absolute Gasteiger partial charge is 0.345 e. The van der Waals surface area contributed by atoms with Crippen LogP contribution >= 0.6 is 23.5 Å². The van der Waals surface area contributed by atoms with Crippen LogP contribution in [0.25, 0.3) is 0 Å². The molecule has 40 heavy (non-hydrogen) atoms. The first kappa shape index (κ1) is 29.8. The predicted molar refractivity (Wildman–Crippen MR) is 164 cm³/mol. The van der Waals surface area contributed by atoms with Gasteiger partial charge in [-0.2, -0.15) is 0 Å². The average molecular weight is 577 g/mol. The Kier molecular flexibility index (Phi) is 10.0. The number of fused-ring (bicyclic) bond motifs is 1. The van der Waals surface area contributed by atoms with Gasteiger partial charge in [-0.25, -0.2) is 9.59 Å². The van der Waals surface area contributed by atoms with Gasteiger partial charge in [-0.1, -0.05) is 98.4 Å². The van der Waals surface area contributed by atoms with Crippen molar-refractivity contribution in [1.29, 1.82) is 0 Å². The SMILES string of the molecule is COC(=O)C1=C(C(=O)OC)C(N(CCNCc2ccccc2)Cc2ccccc2)=C2C(SC)=CC(C)(C)C=C2S1. The largest absolute Gasteiger partial charge is 0.465 e. The highest BCUT2D eigenvalue weighted by atomic mass is 32.2. The van der Waals surface area contributed by atoms with E-state index in [9.17, 15) is 9.59 Å². The molecule has 1 N–H and O–H groups in total. The second-order valence-corrected chi connectivity index (χ2v) is 12.0. The van der Waals surface area contributed by atoms with Gasteiger partial charge < -0.3 is 19.7 Å². The quantitative estimate of drug-likeness (QED) is 0.256. The molecule has 0 saturated carbocycles. The minimum atomic E-state index is -0.560. The molecular formula is C32H36N2O4S2. The molecule has 0 atom stereocenters. The Morgan fingerprint density at radius 3 is 2.15 bits per heavy atom. The van der Waals surface area contributed by atoms with Crippen molar-refractivity contribution in [3.8, 4) is 0 Å². The highest BCUT2D eigenvalue weighted by Crippen LogP contribution is 2.53. The van der Waals surface area contributed by atoms with Crippen molar-refractivity contribution >= 4 is 35.5 Å². The molecule has 0 aromatic heterocycles. The standard InChI is InChI=1S/C32H36N2O4S2/c1-32(2)18-24(39-5)26-25(19-32)40-29(31(36)38-4)27(30(35)37-3)28(26)34(21-23-14-10-7-11-15-23)17-16-33-20-22-12-8-6-9-13-22/h6-15,18-19,33H,16-17,20-21H2,1-5H3. The maximum absolute atomic E-state index is 13.5. The first-order valence-electron chi connectivity index (χ1n) is 13.1. The maximum atomic E-state index is 13.5. The Morgan fingerprint density at radius 2 is 1.55 bits per heavy atom. The Hall–Kier alpha value is -3.20. The number of carbonyl (C=O) groups is 2. The number of carbonyl (C=O) groups excluding carboxylic acids is 2. The Bertz CT molecular complexity index is 1360.